The number of ether oxygens (including phenoxy) is 1. The van der Waals surface area contributed by atoms with E-state index in [4.69, 9.17) is 4.74 Å². The second-order valence-electron chi connectivity index (χ2n) is 5.86. The van der Waals surface area contributed by atoms with Crippen LogP contribution in [0.5, 0.6) is 0 Å². The monoisotopic (exact) mass is 401 g/mol. The Kier molecular flexibility index (Phi) is 5.59. The minimum Gasteiger partial charge on any atom is -0.449 e. The molecule has 1 atom stereocenters. The number of carbonyl (C=O) groups is 3. The van der Waals surface area contributed by atoms with E-state index in [1.54, 1.807) is 12.1 Å². The summed E-state index contributed by atoms with van der Waals surface area (Å²) in [5, 5.41) is 16.1. The van der Waals surface area contributed by atoms with Crippen molar-refractivity contribution >= 4 is 46.6 Å². The van der Waals surface area contributed by atoms with Crippen LogP contribution in [0.2, 0.25) is 0 Å². The molecule has 0 saturated carbocycles. The number of benzene rings is 2. The number of nitro groups is 1. The average molecular weight is 401 g/mol. The second kappa shape index (κ2) is 8.09. The van der Waals surface area contributed by atoms with Crippen molar-refractivity contribution in [3.05, 3.63) is 58.1 Å². The summed E-state index contributed by atoms with van der Waals surface area (Å²) in [7, 11) is 0. The first-order valence-electron chi connectivity index (χ1n) is 8.17. The molecule has 0 unspecified atom stereocenters. The zero-order valence-corrected chi connectivity index (χ0v) is 15.4. The van der Waals surface area contributed by atoms with E-state index in [1.807, 2.05) is 0 Å². The van der Waals surface area contributed by atoms with Crippen LogP contribution >= 0.6 is 11.8 Å². The predicted octanol–water partition coefficient (Wildman–Crippen LogP) is 2.82. The molecular formula is C18H15N3O6S. The summed E-state index contributed by atoms with van der Waals surface area (Å²) in [4.78, 5) is 47.3. The van der Waals surface area contributed by atoms with E-state index < -0.39 is 22.9 Å². The molecule has 10 heteroatoms. The van der Waals surface area contributed by atoms with Gasteiger partial charge in [-0.15, -0.1) is 11.8 Å². The number of esters is 1. The van der Waals surface area contributed by atoms with Crippen LogP contribution in [0.3, 0.4) is 0 Å². The van der Waals surface area contributed by atoms with Gasteiger partial charge < -0.3 is 15.4 Å². The molecule has 3 rings (SSSR count). The fourth-order valence-corrected chi connectivity index (χ4v) is 3.25. The fourth-order valence-electron chi connectivity index (χ4n) is 2.47. The first-order valence-corrected chi connectivity index (χ1v) is 9.15. The lowest BCUT2D eigenvalue weighted by atomic mass is 10.2. The third kappa shape index (κ3) is 4.29. The van der Waals surface area contributed by atoms with Gasteiger partial charge in [-0.2, -0.15) is 0 Å². The van der Waals surface area contributed by atoms with Gasteiger partial charge in [0.15, 0.2) is 6.10 Å². The van der Waals surface area contributed by atoms with Gasteiger partial charge in [-0.3, -0.25) is 19.7 Å². The molecule has 2 amide bonds. The molecule has 2 aromatic rings. The van der Waals surface area contributed by atoms with Crippen molar-refractivity contribution < 1.29 is 24.0 Å². The van der Waals surface area contributed by atoms with Crippen molar-refractivity contribution in [2.45, 2.75) is 17.9 Å². The maximum atomic E-state index is 12.3. The standard InChI is InChI=1S/C18H15N3O6S/c1-10(17(23)20-12-4-2-3-5-14(12)21(25)26)27-18(24)11-6-7-15-13(8-11)19-16(22)9-28-15/h2-8,10H,9H2,1H3,(H,19,22)(H,20,23)/t10-/m0/s1. The van der Waals surface area contributed by atoms with Crippen LogP contribution in [-0.4, -0.2) is 34.6 Å². The number of thioether (sulfide) groups is 1. The van der Waals surface area contributed by atoms with Crippen molar-refractivity contribution in [3.8, 4) is 0 Å². The Balaban J connectivity index is 1.67. The number of fused-ring (bicyclic) bond motifs is 1. The molecule has 0 spiro atoms. The Bertz CT molecular complexity index is 978. The lowest BCUT2D eigenvalue weighted by molar-refractivity contribution is -0.383. The van der Waals surface area contributed by atoms with Gasteiger partial charge in [0.05, 0.1) is 21.9 Å². The summed E-state index contributed by atoms with van der Waals surface area (Å²) < 4.78 is 5.15. The van der Waals surface area contributed by atoms with Crippen LogP contribution in [0.1, 0.15) is 17.3 Å². The number of hydrogen-bond acceptors (Lipinski definition) is 7. The van der Waals surface area contributed by atoms with Crippen LogP contribution in [0.25, 0.3) is 0 Å². The maximum Gasteiger partial charge on any atom is 0.338 e. The summed E-state index contributed by atoms with van der Waals surface area (Å²) in [5.74, 6) is -1.32. The minimum atomic E-state index is -1.19. The van der Waals surface area contributed by atoms with E-state index in [1.165, 1.54) is 49.0 Å². The molecule has 1 aliphatic heterocycles. The summed E-state index contributed by atoms with van der Waals surface area (Å²) in [5.41, 5.74) is 0.422. The van der Waals surface area contributed by atoms with E-state index in [-0.39, 0.29) is 22.8 Å². The molecule has 1 aliphatic rings. The molecule has 0 aliphatic carbocycles. The quantitative estimate of drug-likeness (QED) is 0.448. The molecule has 2 N–H and O–H groups in total. The molecule has 1 heterocycles. The second-order valence-corrected chi connectivity index (χ2v) is 6.88. The SMILES string of the molecule is C[C@H](OC(=O)c1ccc2c(c1)NC(=O)CS2)C(=O)Nc1ccccc1[N+](=O)[O-]. The number of nitrogens with one attached hydrogen (secondary N) is 2. The van der Waals surface area contributed by atoms with Crippen LogP contribution < -0.4 is 10.6 Å². The van der Waals surface area contributed by atoms with Gasteiger partial charge in [0.1, 0.15) is 5.69 Å². The number of hydrogen-bond donors (Lipinski definition) is 2. The number of para-hydroxylation sites is 2. The third-order valence-corrected chi connectivity index (χ3v) is 4.93. The van der Waals surface area contributed by atoms with Crippen LogP contribution in [0.15, 0.2) is 47.4 Å². The van der Waals surface area contributed by atoms with Crippen molar-refractivity contribution in [3.63, 3.8) is 0 Å². The zero-order valence-electron chi connectivity index (χ0n) is 14.6. The molecule has 9 nitrogen and oxygen atoms in total. The first-order chi connectivity index (χ1) is 13.3. The van der Waals surface area contributed by atoms with E-state index in [0.717, 1.165) is 4.90 Å². The lowest BCUT2D eigenvalue weighted by Gasteiger charge is -2.17. The fraction of sp³-hybridized carbons (Fsp3) is 0.167. The average Bonchev–Trinajstić information content (AvgIpc) is 2.67. The maximum absolute atomic E-state index is 12.3. The van der Waals surface area contributed by atoms with Crippen LogP contribution in [0, 0.1) is 10.1 Å². The first kappa shape index (κ1) is 19.4. The van der Waals surface area contributed by atoms with Gasteiger partial charge in [0.25, 0.3) is 11.6 Å². The van der Waals surface area contributed by atoms with Gasteiger partial charge in [-0.1, -0.05) is 12.1 Å². The highest BCUT2D eigenvalue weighted by Crippen LogP contribution is 2.32. The van der Waals surface area contributed by atoms with E-state index >= 15 is 0 Å². The highest BCUT2D eigenvalue weighted by atomic mass is 32.2. The van der Waals surface area contributed by atoms with E-state index in [2.05, 4.69) is 10.6 Å². The lowest BCUT2D eigenvalue weighted by Crippen LogP contribution is -2.30. The topological polar surface area (TPSA) is 128 Å². The molecule has 0 saturated heterocycles. The number of anilines is 2. The third-order valence-electron chi connectivity index (χ3n) is 3.86. The van der Waals surface area contributed by atoms with Gasteiger partial charge in [-0.25, -0.2) is 4.79 Å². The van der Waals surface area contributed by atoms with E-state index in [0.29, 0.717) is 11.4 Å². The van der Waals surface area contributed by atoms with Gasteiger partial charge in [0, 0.05) is 11.0 Å². The smallest absolute Gasteiger partial charge is 0.338 e. The number of carbonyl (C=O) groups excluding carboxylic acids is 3. The number of nitro benzene ring substituents is 1. The highest BCUT2D eigenvalue weighted by Gasteiger charge is 2.23. The van der Waals surface area contributed by atoms with E-state index in [9.17, 15) is 24.5 Å². The summed E-state index contributed by atoms with van der Waals surface area (Å²) in [6, 6.07) is 10.4. The predicted molar refractivity (Wildman–Crippen MR) is 102 cm³/mol. The molecule has 0 fully saturated rings. The number of nitrogens with zero attached hydrogens (tertiary/aromatic N) is 1. The molecule has 0 radical (unpaired) electrons. The number of amides is 2. The van der Waals surface area contributed by atoms with Gasteiger partial charge in [0.2, 0.25) is 5.91 Å². The zero-order chi connectivity index (χ0) is 20.3. The Hall–Kier alpha value is -3.40. The van der Waals surface area contributed by atoms with Gasteiger partial charge in [-0.05, 0) is 31.2 Å². The molecule has 0 bridgehead atoms. The van der Waals surface area contributed by atoms with Crippen LogP contribution in [-0.2, 0) is 14.3 Å². The minimum absolute atomic E-state index is 0.00826. The van der Waals surface area contributed by atoms with Crippen molar-refractivity contribution in [2.24, 2.45) is 0 Å². The van der Waals surface area contributed by atoms with Crippen molar-refractivity contribution in [1.82, 2.24) is 0 Å². The Morgan fingerprint density at radius 3 is 2.79 bits per heavy atom. The largest absolute Gasteiger partial charge is 0.449 e. The highest BCUT2D eigenvalue weighted by molar-refractivity contribution is 8.00. The van der Waals surface area contributed by atoms with Gasteiger partial charge >= 0.3 is 5.97 Å². The van der Waals surface area contributed by atoms with Crippen molar-refractivity contribution in [1.29, 1.82) is 0 Å². The summed E-state index contributed by atoms with van der Waals surface area (Å²) in [6.07, 6.45) is -1.19. The summed E-state index contributed by atoms with van der Waals surface area (Å²) >= 11 is 1.36. The Morgan fingerprint density at radius 1 is 1.29 bits per heavy atom. The molecular weight excluding hydrogens is 386 g/mol. The molecule has 0 aromatic heterocycles. The number of rotatable bonds is 5. The normalized spacial score (nSPS) is 13.7. The Morgan fingerprint density at radius 2 is 2.04 bits per heavy atom. The Labute approximate surface area is 163 Å². The summed E-state index contributed by atoms with van der Waals surface area (Å²) in [6.45, 7) is 1.36. The molecule has 144 valence electrons. The van der Waals surface area contributed by atoms with Crippen molar-refractivity contribution in [2.75, 3.05) is 16.4 Å². The molecule has 2 aromatic carbocycles. The molecule has 28 heavy (non-hydrogen) atoms. The van der Waals surface area contributed by atoms with Crippen LogP contribution in [0.4, 0.5) is 17.1 Å².